The van der Waals surface area contributed by atoms with Gasteiger partial charge in [0.2, 0.25) is 11.8 Å². The topological polar surface area (TPSA) is 98.8 Å². The summed E-state index contributed by atoms with van der Waals surface area (Å²) in [6.07, 6.45) is 3.91. The number of rotatable bonds is 4. The number of hydrogen-bond donors (Lipinski definition) is 2. The van der Waals surface area contributed by atoms with Crippen LogP contribution in [0.4, 0.5) is 0 Å². The number of carbonyl (C=O) groups is 4. The maximum atomic E-state index is 13.2. The lowest BCUT2D eigenvalue weighted by Crippen LogP contribution is -2.54. The van der Waals surface area contributed by atoms with Gasteiger partial charge in [-0.05, 0) is 56.3 Å². The first-order chi connectivity index (χ1) is 14.5. The van der Waals surface area contributed by atoms with E-state index in [9.17, 15) is 19.2 Å². The molecule has 3 fully saturated rings. The molecule has 0 radical (unpaired) electrons. The van der Waals surface area contributed by atoms with Gasteiger partial charge in [-0.3, -0.25) is 34.3 Å². The average molecular weight is 410 g/mol. The summed E-state index contributed by atoms with van der Waals surface area (Å²) in [4.78, 5) is 53.3. The third-order valence-electron chi connectivity index (χ3n) is 6.92. The van der Waals surface area contributed by atoms with E-state index in [1.807, 2.05) is 6.07 Å². The van der Waals surface area contributed by atoms with Crippen molar-refractivity contribution >= 4 is 23.6 Å². The molecule has 1 aromatic rings. The van der Waals surface area contributed by atoms with Crippen molar-refractivity contribution in [3.05, 3.63) is 34.9 Å². The number of carbonyl (C=O) groups excluding carboxylic acids is 4. The molecule has 0 aliphatic carbocycles. The molecule has 3 saturated heterocycles. The van der Waals surface area contributed by atoms with Crippen LogP contribution >= 0.6 is 0 Å². The van der Waals surface area contributed by atoms with Crippen LogP contribution in [-0.4, -0.2) is 65.1 Å². The van der Waals surface area contributed by atoms with E-state index >= 15 is 0 Å². The van der Waals surface area contributed by atoms with Crippen LogP contribution in [0.25, 0.3) is 0 Å². The monoisotopic (exact) mass is 410 g/mol. The van der Waals surface area contributed by atoms with E-state index in [4.69, 9.17) is 0 Å². The highest BCUT2D eigenvalue weighted by Gasteiger charge is 2.45. The number of likely N-dealkylation sites (tertiary alicyclic amines) is 1. The highest BCUT2D eigenvalue weighted by molar-refractivity contribution is 6.24. The van der Waals surface area contributed by atoms with Gasteiger partial charge in [0.25, 0.3) is 11.8 Å². The highest BCUT2D eigenvalue weighted by Crippen LogP contribution is 2.32. The summed E-state index contributed by atoms with van der Waals surface area (Å²) in [5.41, 5.74) is 1.60. The van der Waals surface area contributed by atoms with Crippen molar-refractivity contribution in [3.63, 3.8) is 0 Å². The predicted molar refractivity (Wildman–Crippen MR) is 108 cm³/mol. The first kappa shape index (κ1) is 19.4. The second-order valence-electron chi connectivity index (χ2n) is 8.77. The van der Waals surface area contributed by atoms with Gasteiger partial charge >= 0.3 is 0 Å². The Morgan fingerprint density at radius 2 is 1.90 bits per heavy atom. The summed E-state index contributed by atoms with van der Waals surface area (Å²) in [5.74, 6) is -1.18. The minimum atomic E-state index is -0.924. The van der Waals surface area contributed by atoms with Gasteiger partial charge in [0, 0.05) is 25.6 Å². The summed E-state index contributed by atoms with van der Waals surface area (Å²) < 4.78 is 0. The largest absolute Gasteiger partial charge is 0.314 e. The zero-order chi connectivity index (χ0) is 20.8. The third-order valence-corrected chi connectivity index (χ3v) is 6.92. The molecule has 0 spiro atoms. The minimum Gasteiger partial charge on any atom is -0.314 e. The molecule has 1 aromatic carbocycles. The van der Waals surface area contributed by atoms with Crippen LogP contribution in [-0.2, 0) is 16.1 Å². The van der Waals surface area contributed by atoms with Crippen molar-refractivity contribution in [1.82, 2.24) is 20.4 Å². The van der Waals surface area contributed by atoms with Gasteiger partial charge in [-0.2, -0.15) is 0 Å². The minimum absolute atomic E-state index is 0.126. The van der Waals surface area contributed by atoms with Gasteiger partial charge in [-0.25, -0.2) is 0 Å². The van der Waals surface area contributed by atoms with Crippen molar-refractivity contribution in [2.75, 3.05) is 19.6 Å². The van der Waals surface area contributed by atoms with Crippen molar-refractivity contribution < 1.29 is 19.2 Å². The second-order valence-corrected chi connectivity index (χ2v) is 8.77. The van der Waals surface area contributed by atoms with Gasteiger partial charge in [-0.15, -0.1) is 0 Å². The number of imide groups is 2. The van der Waals surface area contributed by atoms with Crippen LogP contribution in [0, 0.1) is 5.92 Å². The molecule has 3 unspecified atom stereocenters. The number of amides is 4. The maximum absolute atomic E-state index is 13.2. The van der Waals surface area contributed by atoms with Gasteiger partial charge in [-0.1, -0.05) is 12.1 Å². The van der Waals surface area contributed by atoms with Crippen LogP contribution in [0.1, 0.15) is 58.4 Å². The van der Waals surface area contributed by atoms with Gasteiger partial charge in [0.1, 0.15) is 6.04 Å². The van der Waals surface area contributed by atoms with Gasteiger partial charge in [0.15, 0.2) is 0 Å². The Morgan fingerprint density at radius 3 is 2.67 bits per heavy atom. The Balaban J connectivity index is 1.35. The summed E-state index contributed by atoms with van der Waals surface area (Å²) in [5, 5.41) is 5.83. The van der Waals surface area contributed by atoms with Gasteiger partial charge < -0.3 is 5.32 Å². The van der Waals surface area contributed by atoms with Crippen LogP contribution in [0.2, 0.25) is 0 Å². The summed E-state index contributed by atoms with van der Waals surface area (Å²) in [6.45, 7) is 3.68. The lowest BCUT2D eigenvalue weighted by atomic mass is 9.98. The second kappa shape index (κ2) is 7.59. The van der Waals surface area contributed by atoms with Crippen molar-refractivity contribution in [3.8, 4) is 0 Å². The molecule has 4 heterocycles. The molecule has 4 aliphatic heterocycles. The Labute approximate surface area is 175 Å². The molecule has 0 bridgehead atoms. The molecule has 0 saturated carbocycles. The van der Waals surface area contributed by atoms with Crippen LogP contribution in [0.3, 0.4) is 0 Å². The smallest absolute Gasteiger partial charge is 0.262 e. The normalized spacial score (nSPS) is 29.6. The number of fused-ring (bicyclic) bond motifs is 1. The van der Waals surface area contributed by atoms with Gasteiger partial charge in [0.05, 0.1) is 11.1 Å². The maximum Gasteiger partial charge on any atom is 0.262 e. The summed E-state index contributed by atoms with van der Waals surface area (Å²) in [6, 6.07) is 5.02. The molecule has 2 N–H and O–H groups in total. The SMILES string of the molecule is O=C1CCC(N2C(=O)c3cccc(CN4CCC(C5CCCN5)C4)c3C2=O)C(=O)N1. The fourth-order valence-electron chi connectivity index (χ4n) is 5.41. The van der Waals surface area contributed by atoms with E-state index < -0.39 is 23.8 Å². The molecule has 5 rings (SSSR count). The van der Waals surface area contributed by atoms with Crippen LogP contribution < -0.4 is 10.6 Å². The molecule has 30 heavy (non-hydrogen) atoms. The molecule has 4 amide bonds. The molecule has 3 atom stereocenters. The Hall–Kier alpha value is -2.58. The average Bonchev–Trinajstić information content (AvgIpc) is 3.45. The van der Waals surface area contributed by atoms with E-state index in [0.717, 1.165) is 36.5 Å². The van der Waals surface area contributed by atoms with E-state index in [0.29, 0.717) is 29.6 Å². The van der Waals surface area contributed by atoms with Crippen LogP contribution in [0.15, 0.2) is 18.2 Å². The van der Waals surface area contributed by atoms with E-state index in [1.54, 1.807) is 12.1 Å². The van der Waals surface area contributed by atoms with E-state index in [2.05, 4.69) is 15.5 Å². The van der Waals surface area contributed by atoms with E-state index in [-0.39, 0.29) is 18.7 Å². The lowest BCUT2D eigenvalue weighted by molar-refractivity contribution is -0.136. The zero-order valence-corrected chi connectivity index (χ0v) is 16.9. The quantitative estimate of drug-likeness (QED) is 0.708. The van der Waals surface area contributed by atoms with E-state index in [1.165, 1.54) is 12.8 Å². The fraction of sp³-hybridized carbons (Fsp3) is 0.545. The first-order valence-electron chi connectivity index (χ1n) is 10.8. The Morgan fingerprint density at radius 1 is 1.03 bits per heavy atom. The lowest BCUT2D eigenvalue weighted by Gasteiger charge is -2.28. The molecular weight excluding hydrogens is 384 g/mol. The molecule has 4 aliphatic rings. The summed E-state index contributed by atoms with van der Waals surface area (Å²) >= 11 is 0. The molecule has 8 heteroatoms. The zero-order valence-electron chi connectivity index (χ0n) is 16.9. The Bertz CT molecular complexity index is 924. The number of benzene rings is 1. The van der Waals surface area contributed by atoms with Crippen molar-refractivity contribution in [2.24, 2.45) is 5.92 Å². The Kier molecular flexibility index (Phi) is 4.91. The number of piperidine rings is 1. The van der Waals surface area contributed by atoms with Crippen molar-refractivity contribution in [2.45, 2.75) is 50.7 Å². The van der Waals surface area contributed by atoms with Crippen LogP contribution in [0.5, 0.6) is 0 Å². The first-order valence-corrected chi connectivity index (χ1v) is 10.8. The van der Waals surface area contributed by atoms with Crippen molar-refractivity contribution in [1.29, 1.82) is 0 Å². The number of hydrogen-bond acceptors (Lipinski definition) is 6. The molecular formula is C22H26N4O4. The standard InChI is InChI=1S/C22H26N4O4/c27-18-7-6-17(20(28)24-18)26-21(29)15-4-1-3-14(19(15)22(26)30)12-25-10-8-13(11-25)16-5-2-9-23-16/h1,3-4,13,16-17,23H,2,5-12H2,(H,24,27,28). The number of nitrogens with one attached hydrogen (secondary N) is 2. The highest BCUT2D eigenvalue weighted by atomic mass is 16.2. The molecule has 8 nitrogen and oxygen atoms in total. The molecule has 158 valence electrons. The number of nitrogens with zero attached hydrogens (tertiary/aromatic N) is 2. The fourth-order valence-corrected chi connectivity index (χ4v) is 5.41. The molecule has 0 aromatic heterocycles. The predicted octanol–water partition coefficient (Wildman–Crippen LogP) is 0.662. The third kappa shape index (κ3) is 3.24. The summed E-state index contributed by atoms with van der Waals surface area (Å²) in [7, 11) is 0.